The van der Waals surface area contributed by atoms with E-state index >= 15 is 0 Å². The smallest absolute Gasteiger partial charge is 0.179 e. The summed E-state index contributed by atoms with van der Waals surface area (Å²) < 4.78 is 47.7. The van der Waals surface area contributed by atoms with Gasteiger partial charge in [0.05, 0.1) is 33.8 Å². The van der Waals surface area contributed by atoms with Crippen LogP contribution in [0.4, 0.5) is 0 Å². The Hall–Kier alpha value is -1.43. The van der Waals surface area contributed by atoms with Gasteiger partial charge in [0.2, 0.25) is 0 Å². The third-order valence-electron chi connectivity index (χ3n) is 2.87. The monoisotopic (exact) mass is 330 g/mol. The van der Waals surface area contributed by atoms with Gasteiger partial charge >= 0.3 is 0 Å². The van der Waals surface area contributed by atoms with Crippen LogP contribution in [0.3, 0.4) is 0 Å². The fourth-order valence-electron chi connectivity index (χ4n) is 1.58. The number of nitrogens with two attached hydrogens (primary N) is 1. The van der Waals surface area contributed by atoms with Gasteiger partial charge in [-0.25, -0.2) is 16.8 Å². The Morgan fingerprint density at radius 3 is 2.43 bits per heavy atom. The molecule has 0 bridgehead atoms. The van der Waals surface area contributed by atoms with Crippen molar-refractivity contribution in [1.82, 2.24) is 0 Å². The van der Waals surface area contributed by atoms with E-state index in [0.717, 1.165) is 0 Å². The van der Waals surface area contributed by atoms with Crippen LogP contribution in [0.15, 0.2) is 29.2 Å². The molecule has 6 nitrogen and oxygen atoms in total. The SMILES string of the molecule is CC(N)CCS(=O)(=O)CCS(=O)(=O)c1cccc(C#N)c1. The lowest BCUT2D eigenvalue weighted by atomic mass is 10.2. The molecule has 116 valence electrons. The average molecular weight is 330 g/mol. The molecule has 1 atom stereocenters. The van der Waals surface area contributed by atoms with Crippen molar-refractivity contribution in [3.8, 4) is 6.07 Å². The van der Waals surface area contributed by atoms with Gasteiger partial charge in [-0.05, 0) is 31.5 Å². The first-order chi connectivity index (χ1) is 9.66. The summed E-state index contributed by atoms with van der Waals surface area (Å²) in [7, 11) is -7.18. The zero-order chi connectivity index (χ0) is 16.1. The van der Waals surface area contributed by atoms with E-state index in [9.17, 15) is 16.8 Å². The van der Waals surface area contributed by atoms with Crippen LogP contribution in [0.2, 0.25) is 0 Å². The van der Waals surface area contributed by atoms with E-state index in [0.29, 0.717) is 6.42 Å². The van der Waals surface area contributed by atoms with Gasteiger partial charge < -0.3 is 5.73 Å². The molecule has 0 saturated carbocycles. The molecule has 0 aromatic heterocycles. The zero-order valence-corrected chi connectivity index (χ0v) is 13.3. The number of nitriles is 1. The summed E-state index contributed by atoms with van der Waals surface area (Å²) in [5.41, 5.74) is 5.71. The summed E-state index contributed by atoms with van der Waals surface area (Å²) in [4.78, 5) is -0.0380. The second kappa shape index (κ2) is 7.02. The predicted octanol–water partition coefficient (Wildman–Crippen LogP) is 0.484. The maximum atomic E-state index is 12.1. The first-order valence-corrected chi connectivity index (χ1v) is 9.82. The molecular weight excluding hydrogens is 312 g/mol. The Balaban J connectivity index is 2.80. The van der Waals surface area contributed by atoms with E-state index < -0.39 is 31.2 Å². The molecule has 0 spiro atoms. The van der Waals surface area contributed by atoms with Crippen LogP contribution in [0.5, 0.6) is 0 Å². The normalized spacial score (nSPS) is 13.6. The van der Waals surface area contributed by atoms with Crippen LogP contribution >= 0.6 is 0 Å². The second-order valence-electron chi connectivity index (χ2n) is 4.88. The highest BCUT2D eigenvalue weighted by atomic mass is 32.2. The first-order valence-electron chi connectivity index (χ1n) is 6.35. The molecule has 1 aromatic carbocycles. The maximum Gasteiger partial charge on any atom is 0.179 e. The average Bonchev–Trinajstić information content (AvgIpc) is 2.43. The highest BCUT2D eigenvalue weighted by Crippen LogP contribution is 2.13. The van der Waals surface area contributed by atoms with Gasteiger partial charge in [-0.3, -0.25) is 0 Å². The fourth-order valence-corrected chi connectivity index (χ4v) is 5.24. The van der Waals surface area contributed by atoms with Gasteiger partial charge in [0.1, 0.15) is 0 Å². The molecule has 21 heavy (non-hydrogen) atoms. The van der Waals surface area contributed by atoms with Gasteiger partial charge in [0.25, 0.3) is 0 Å². The van der Waals surface area contributed by atoms with E-state index in [2.05, 4.69) is 0 Å². The molecule has 0 aliphatic rings. The molecule has 2 N–H and O–H groups in total. The lowest BCUT2D eigenvalue weighted by Gasteiger charge is -2.08. The topological polar surface area (TPSA) is 118 Å². The highest BCUT2D eigenvalue weighted by Gasteiger charge is 2.20. The summed E-state index contributed by atoms with van der Waals surface area (Å²) in [6.45, 7) is 1.69. The minimum absolute atomic E-state index is 0.0380. The fraction of sp³-hybridized carbons (Fsp3) is 0.462. The maximum absolute atomic E-state index is 12.1. The summed E-state index contributed by atoms with van der Waals surface area (Å²) in [6, 6.07) is 7.13. The molecule has 0 saturated heterocycles. The molecule has 0 aliphatic carbocycles. The van der Waals surface area contributed by atoms with E-state index in [1.54, 1.807) is 6.92 Å². The number of hydrogen-bond donors (Lipinski definition) is 1. The molecular formula is C13H18N2O4S2. The minimum Gasteiger partial charge on any atom is -0.328 e. The van der Waals surface area contributed by atoms with Crippen molar-refractivity contribution in [3.63, 3.8) is 0 Å². The van der Waals surface area contributed by atoms with Gasteiger partial charge in [-0.15, -0.1) is 0 Å². The van der Waals surface area contributed by atoms with Crippen LogP contribution in [0.1, 0.15) is 18.9 Å². The Morgan fingerprint density at radius 2 is 1.86 bits per heavy atom. The predicted molar refractivity (Wildman–Crippen MR) is 80.1 cm³/mol. The van der Waals surface area contributed by atoms with Crippen molar-refractivity contribution in [1.29, 1.82) is 5.26 Å². The van der Waals surface area contributed by atoms with E-state index in [1.165, 1.54) is 24.3 Å². The Kier molecular flexibility index (Phi) is 5.89. The summed E-state index contributed by atoms with van der Waals surface area (Å²) >= 11 is 0. The van der Waals surface area contributed by atoms with Crippen molar-refractivity contribution < 1.29 is 16.8 Å². The summed E-state index contributed by atoms with van der Waals surface area (Å²) in [6.07, 6.45) is 0.298. The number of nitrogens with zero attached hydrogens (tertiary/aromatic N) is 1. The van der Waals surface area contributed by atoms with Crippen molar-refractivity contribution >= 4 is 19.7 Å². The summed E-state index contributed by atoms with van der Waals surface area (Å²) in [5, 5.41) is 8.76. The van der Waals surface area contributed by atoms with Crippen LogP contribution in [-0.4, -0.2) is 40.1 Å². The number of hydrogen-bond acceptors (Lipinski definition) is 6. The summed E-state index contributed by atoms with van der Waals surface area (Å²) in [5.74, 6) is -1.07. The molecule has 1 aromatic rings. The quantitative estimate of drug-likeness (QED) is 0.777. The van der Waals surface area contributed by atoms with Crippen LogP contribution in [0, 0.1) is 11.3 Å². The first kappa shape index (κ1) is 17.6. The molecule has 1 unspecified atom stereocenters. The third kappa shape index (κ3) is 5.83. The molecule has 8 heteroatoms. The van der Waals surface area contributed by atoms with Gasteiger partial charge in [0, 0.05) is 6.04 Å². The van der Waals surface area contributed by atoms with Crippen LogP contribution < -0.4 is 5.73 Å². The molecule has 0 heterocycles. The Labute approximate surface area is 125 Å². The molecule has 0 fully saturated rings. The van der Waals surface area contributed by atoms with E-state index in [-0.39, 0.29) is 22.3 Å². The molecule has 0 aliphatic heterocycles. The second-order valence-corrected chi connectivity index (χ2v) is 9.29. The lowest BCUT2D eigenvalue weighted by molar-refractivity contribution is 0.582. The standard InChI is InChI=1S/C13H18N2O4S2/c1-11(15)5-6-20(16,17)7-8-21(18,19)13-4-2-3-12(9-13)10-14/h2-4,9,11H,5-8,15H2,1H3. The van der Waals surface area contributed by atoms with Crippen molar-refractivity contribution in [2.24, 2.45) is 5.73 Å². The highest BCUT2D eigenvalue weighted by molar-refractivity contribution is 7.95. The van der Waals surface area contributed by atoms with Crippen molar-refractivity contribution in [2.75, 3.05) is 17.3 Å². The Bertz CT molecular complexity index is 732. The van der Waals surface area contributed by atoms with Crippen molar-refractivity contribution in [3.05, 3.63) is 29.8 Å². The molecule has 1 rings (SSSR count). The minimum atomic E-state index is -3.73. The van der Waals surface area contributed by atoms with Crippen molar-refractivity contribution in [2.45, 2.75) is 24.3 Å². The molecule has 0 radical (unpaired) electrons. The largest absolute Gasteiger partial charge is 0.328 e. The van der Waals surface area contributed by atoms with E-state index in [4.69, 9.17) is 11.0 Å². The number of benzene rings is 1. The Morgan fingerprint density at radius 1 is 1.19 bits per heavy atom. The zero-order valence-electron chi connectivity index (χ0n) is 11.7. The van der Waals surface area contributed by atoms with E-state index in [1.807, 2.05) is 6.07 Å². The number of rotatable bonds is 7. The lowest BCUT2D eigenvalue weighted by Crippen LogP contribution is -2.24. The third-order valence-corrected chi connectivity index (χ3v) is 6.53. The van der Waals surface area contributed by atoms with Gasteiger partial charge in [0.15, 0.2) is 19.7 Å². The van der Waals surface area contributed by atoms with Crippen LogP contribution in [-0.2, 0) is 19.7 Å². The molecule has 0 amide bonds. The van der Waals surface area contributed by atoms with Crippen LogP contribution in [0.25, 0.3) is 0 Å². The number of sulfone groups is 2. The van der Waals surface area contributed by atoms with Gasteiger partial charge in [-0.2, -0.15) is 5.26 Å². The van der Waals surface area contributed by atoms with Gasteiger partial charge in [-0.1, -0.05) is 6.07 Å².